The molecule has 3 heterocycles. The normalized spacial score (nSPS) is 32.1. The van der Waals surface area contributed by atoms with Gasteiger partial charge in [0.2, 0.25) is 0 Å². The van der Waals surface area contributed by atoms with Gasteiger partial charge in [0.25, 0.3) is 0 Å². The van der Waals surface area contributed by atoms with Gasteiger partial charge in [-0.25, -0.2) is 0 Å². The second-order valence-electron chi connectivity index (χ2n) is 6.74. The first-order valence-corrected chi connectivity index (χ1v) is 8.39. The molecular formula is C18H23NO4. The Bertz CT molecular complexity index is 570. The molecule has 0 aliphatic carbocycles. The number of ketones is 1. The van der Waals surface area contributed by atoms with E-state index in [1.807, 2.05) is 24.3 Å². The van der Waals surface area contributed by atoms with Crippen LogP contribution < -0.4 is 0 Å². The van der Waals surface area contributed by atoms with Crippen LogP contribution in [-0.2, 0) is 14.2 Å². The van der Waals surface area contributed by atoms with E-state index in [0.717, 1.165) is 37.2 Å². The van der Waals surface area contributed by atoms with E-state index in [4.69, 9.17) is 14.2 Å². The van der Waals surface area contributed by atoms with Crippen LogP contribution in [0.4, 0.5) is 0 Å². The molecule has 1 aromatic rings. The van der Waals surface area contributed by atoms with Gasteiger partial charge in [-0.05, 0) is 26.0 Å². The summed E-state index contributed by atoms with van der Waals surface area (Å²) in [6.45, 7) is 2.70. The molecule has 23 heavy (non-hydrogen) atoms. The number of hydrogen-bond acceptors (Lipinski definition) is 5. The third-order valence-corrected chi connectivity index (χ3v) is 5.32. The molecule has 0 aromatic heterocycles. The Labute approximate surface area is 136 Å². The van der Waals surface area contributed by atoms with E-state index in [-0.39, 0.29) is 18.0 Å². The molecule has 124 valence electrons. The molecule has 0 N–H and O–H groups in total. The van der Waals surface area contributed by atoms with Crippen LogP contribution in [0.5, 0.6) is 0 Å². The molecule has 5 nitrogen and oxygen atoms in total. The highest BCUT2D eigenvalue weighted by Gasteiger charge is 2.39. The molecule has 3 fully saturated rings. The van der Waals surface area contributed by atoms with E-state index in [2.05, 4.69) is 11.9 Å². The number of carbonyl (C=O) groups is 1. The Kier molecular flexibility index (Phi) is 4.20. The second-order valence-corrected chi connectivity index (χ2v) is 6.74. The van der Waals surface area contributed by atoms with Gasteiger partial charge in [0, 0.05) is 29.1 Å². The van der Waals surface area contributed by atoms with E-state index < -0.39 is 0 Å². The van der Waals surface area contributed by atoms with E-state index in [1.54, 1.807) is 0 Å². The number of hydrogen-bond donors (Lipinski definition) is 0. The number of ether oxygens (including phenoxy) is 3. The summed E-state index contributed by atoms with van der Waals surface area (Å²) in [5.41, 5.74) is 1.71. The fraction of sp³-hybridized carbons (Fsp3) is 0.611. The average Bonchev–Trinajstić information content (AvgIpc) is 3.08. The van der Waals surface area contributed by atoms with Gasteiger partial charge < -0.3 is 14.2 Å². The van der Waals surface area contributed by atoms with Crippen molar-refractivity contribution in [2.24, 2.45) is 5.92 Å². The van der Waals surface area contributed by atoms with Crippen molar-refractivity contribution in [3.05, 3.63) is 35.4 Å². The lowest BCUT2D eigenvalue weighted by Crippen LogP contribution is -2.55. The van der Waals surface area contributed by atoms with Crippen LogP contribution in [0.15, 0.2) is 24.3 Å². The molecule has 1 aromatic carbocycles. The first-order chi connectivity index (χ1) is 11.2. The number of nitrogens with zero attached hydrogens (tertiary/aromatic N) is 1. The second kappa shape index (κ2) is 6.32. The summed E-state index contributed by atoms with van der Waals surface area (Å²) >= 11 is 0. The highest BCUT2D eigenvalue weighted by atomic mass is 16.7. The van der Waals surface area contributed by atoms with Crippen molar-refractivity contribution in [2.75, 3.05) is 33.5 Å². The summed E-state index contributed by atoms with van der Waals surface area (Å²) in [7, 11) is 2.15. The minimum Gasteiger partial charge on any atom is -0.378 e. The van der Waals surface area contributed by atoms with Crippen LogP contribution in [0.2, 0.25) is 0 Å². The summed E-state index contributed by atoms with van der Waals surface area (Å²) in [6.07, 6.45) is 1.44. The average molecular weight is 317 g/mol. The van der Waals surface area contributed by atoms with E-state index in [0.29, 0.717) is 25.3 Å². The minimum absolute atomic E-state index is 0.0887. The summed E-state index contributed by atoms with van der Waals surface area (Å²) < 4.78 is 16.7. The number of piperidine rings is 1. The summed E-state index contributed by atoms with van der Waals surface area (Å²) in [4.78, 5) is 15.3. The Morgan fingerprint density at radius 3 is 2.52 bits per heavy atom. The quantitative estimate of drug-likeness (QED) is 0.798. The minimum atomic E-state index is -0.326. The van der Waals surface area contributed by atoms with Crippen molar-refractivity contribution in [3.8, 4) is 0 Å². The number of fused-ring (bicyclic) bond motifs is 2. The lowest BCUT2D eigenvalue weighted by molar-refractivity contribution is -0.0702. The van der Waals surface area contributed by atoms with Crippen molar-refractivity contribution in [1.82, 2.24) is 4.90 Å². The highest BCUT2D eigenvalue weighted by molar-refractivity contribution is 5.98. The van der Waals surface area contributed by atoms with Crippen LogP contribution in [0.25, 0.3) is 0 Å². The molecule has 4 rings (SSSR count). The monoisotopic (exact) mass is 317 g/mol. The van der Waals surface area contributed by atoms with Crippen molar-refractivity contribution >= 4 is 5.78 Å². The smallest absolute Gasteiger partial charge is 0.184 e. The van der Waals surface area contributed by atoms with Gasteiger partial charge in [0.05, 0.1) is 26.4 Å². The maximum absolute atomic E-state index is 13.0. The lowest BCUT2D eigenvalue weighted by Gasteiger charge is -2.46. The van der Waals surface area contributed by atoms with Gasteiger partial charge in [0.1, 0.15) is 0 Å². The molecule has 5 heteroatoms. The zero-order valence-corrected chi connectivity index (χ0v) is 13.4. The molecule has 2 bridgehead atoms. The van der Waals surface area contributed by atoms with Gasteiger partial charge >= 0.3 is 0 Å². The number of likely N-dealkylation sites (N-methyl/N-ethyl adjacent to an activating group) is 1. The lowest BCUT2D eigenvalue weighted by atomic mass is 9.81. The number of rotatable bonds is 3. The molecule has 2 unspecified atom stereocenters. The maximum atomic E-state index is 13.0. The first kappa shape index (κ1) is 15.3. The zero-order chi connectivity index (χ0) is 15.8. The standard InChI is InChI=1S/C18H23NO4/c1-19-15-8-14(9-16(19)11-21-10-15)17(20)12-3-2-4-13(7-12)18-22-5-6-23-18/h2-4,7,14-16,18H,5-6,8-11H2,1H3. The van der Waals surface area contributed by atoms with Gasteiger partial charge in [-0.15, -0.1) is 0 Å². The Morgan fingerprint density at radius 1 is 1.13 bits per heavy atom. The molecule has 0 radical (unpaired) electrons. The predicted octanol–water partition coefficient (Wildman–Crippen LogP) is 2.02. The Balaban J connectivity index is 1.51. The molecule has 2 atom stereocenters. The fourth-order valence-electron chi connectivity index (χ4n) is 3.93. The first-order valence-electron chi connectivity index (χ1n) is 8.39. The van der Waals surface area contributed by atoms with Gasteiger partial charge in [0.15, 0.2) is 12.1 Å². The number of benzene rings is 1. The number of carbonyl (C=O) groups excluding carboxylic acids is 1. The number of morpholine rings is 1. The van der Waals surface area contributed by atoms with Crippen LogP contribution in [-0.4, -0.2) is 56.2 Å². The third-order valence-electron chi connectivity index (χ3n) is 5.32. The predicted molar refractivity (Wildman–Crippen MR) is 84.3 cm³/mol. The van der Waals surface area contributed by atoms with Crippen LogP contribution in [0.3, 0.4) is 0 Å². The Hall–Kier alpha value is -1.27. The Morgan fingerprint density at radius 2 is 1.83 bits per heavy atom. The van der Waals surface area contributed by atoms with Gasteiger partial charge in [-0.3, -0.25) is 9.69 Å². The van der Waals surface area contributed by atoms with E-state index >= 15 is 0 Å². The molecule has 0 saturated carbocycles. The largest absolute Gasteiger partial charge is 0.378 e. The van der Waals surface area contributed by atoms with Crippen LogP contribution >= 0.6 is 0 Å². The van der Waals surface area contributed by atoms with Crippen molar-refractivity contribution in [2.45, 2.75) is 31.2 Å². The summed E-state index contributed by atoms with van der Waals surface area (Å²) in [5, 5.41) is 0. The van der Waals surface area contributed by atoms with Crippen molar-refractivity contribution < 1.29 is 19.0 Å². The van der Waals surface area contributed by atoms with Gasteiger partial charge in [-0.1, -0.05) is 18.2 Å². The van der Waals surface area contributed by atoms with Crippen LogP contribution in [0.1, 0.15) is 35.1 Å². The fourth-order valence-corrected chi connectivity index (χ4v) is 3.93. The molecule has 3 aliphatic heterocycles. The van der Waals surface area contributed by atoms with Crippen LogP contribution in [0, 0.1) is 5.92 Å². The molecule has 3 saturated heterocycles. The molecule has 0 spiro atoms. The van der Waals surface area contributed by atoms with E-state index in [1.165, 1.54) is 0 Å². The molecule has 3 aliphatic rings. The topological polar surface area (TPSA) is 48.0 Å². The SMILES string of the molecule is CN1C2COCC1CC(C(=O)c1cccc(C3OCCO3)c1)C2. The zero-order valence-electron chi connectivity index (χ0n) is 13.4. The summed E-state index contributed by atoms with van der Waals surface area (Å²) in [6, 6.07) is 8.45. The summed E-state index contributed by atoms with van der Waals surface area (Å²) in [5.74, 6) is 0.334. The number of Topliss-reactive ketones (excluding diaryl/α,β-unsaturated/α-hetero) is 1. The third kappa shape index (κ3) is 2.94. The van der Waals surface area contributed by atoms with E-state index in [9.17, 15) is 4.79 Å². The van der Waals surface area contributed by atoms with Gasteiger partial charge in [-0.2, -0.15) is 0 Å². The molecule has 0 amide bonds. The highest BCUT2D eigenvalue weighted by Crippen LogP contribution is 2.33. The van der Waals surface area contributed by atoms with Crippen molar-refractivity contribution in [3.63, 3.8) is 0 Å². The van der Waals surface area contributed by atoms with Crippen molar-refractivity contribution in [1.29, 1.82) is 0 Å². The maximum Gasteiger partial charge on any atom is 0.184 e. The molecular weight excluding hydrogens is 294 g/mol.